The fourth-order valence-corrected chi connectivity index (χ4v) is 1.94. The minimum atomic E-state index is 0.499. The minimum absolute atomic E-state index is 0.499. The van der Waals surface area contributed by atoms with E-state index in [0.717, 1.165) is 30.3 Å². The van der Waals surface area contributed by atoms with E-state index in [1.54, 1.807) is 6.20 Å². The molecule has 1 aromatic rings. The number of pyridine rings is 1. The third kappa shape index (κ3) is 2.64. The highest BCUT2D eigenvalue weighted by Gasteiger charge is 2.14. The molecule has 0 spiro atoms. The maximum absolute atomic E-state index is 5.72. The van der Waals surface area contributed by atoms with Crippen LogP contribution in [0, 0.1) is 6.92 Å². The smallest absolute Gasteiger partial charge is 0.139 e. The Morgan fingerprint density at radius 2 is 2.50 bits per heavy atom. The molecule has 4 nitrogen and oxygen atoms in total. The molecule has 2 heterocycles. The quantitative estimate of drug-likeness (QED) is 0.810. The summed E-state index contributed by atoms with van der Waals surface area (Å²) >= 11 is 0. The van der Waals surface area contributed by atoms with E-state index in [0.29, 0.717) is 6.04 Å². The van der Waals surface area contributed by atoms with Crippen LogP contribution in [0.25, 0.3) is 0 Å². The van der Waals surface area contributed by atoms with Gasteiger partial charge in [0.2, 0.25) is 0 Å². The van der Waals surface area contributed by atoms with Gasteiger partial charge in [0.25, 0.3) is 0 Å². The van der Waals surface area contributed by atoms with Gasteiger partial charge in [-0.2, -0.15) is 0 Å². The van der Waals surface area contributed by atoms with E-state index in [4.69, 9.17) is 4.74 Å². The molecule has 4 heteroatoms. The van der Waals surface area contributed by atoms with Gasteiger partial charge < -0.3 is 15.4 Å². The lowest BCUT2D eigenvalue weighted by Crippen LogP contribution is -2.28. The molecule has 0 amide bonds. The Kier molecular flexibility index (Phi) is 3.62. The predicted molar refractivity (Wildman–Crippen MR) is 65.0 cm³/mol. The largest absolute Gasteiger partial charge is 0.490 e. The van der Waals surface area contributed by atoms with Gasteiger partial charge in [-0.05, 0) is 26.3 Å². The summed E-state index contributed by atoms with van der Waals surface area (Å²) in [6, 6.07) is 2.50. The predicted octanol–water partition coefficient (Wildman–Crippen LogP) is 1.56. The van der Waals surface area contributed by atoms with Crippen molar-refractivity contribution >= 4 is 5.69 Å². The zero-order valence-electron chi connectivity index (χ0n) is 9.92. The average molecular weight is 221 g/mol. The van der Waals surface area contributed by atoms with E-state index in [-0.39, 0.29) is 0 Å². The molecule has 1 fully saturated rings. The molecule has 88 valence electrons. The number of hydrogen-bond acceptors (Lipinski definition) is 4. The van der Waals surface area contributed by atoms with Crippen molar-refractivity contribution in [3.63, 3.8) is 0 Å². The summed E-state index contributed by atoms with van der Waals surface area (Å²) in [5, 5.41) is 6.51. The van der Waals surface area contributed by atoms with Gasteiger partial charge in [0.15, 0.2) is 0 Å². The van der Waals surface area contributed by atoms with Crippen molar-refractivity contribution in [2.45, 2.75) is 25.8 Å². The van der Waals surface area contributed by atoms with Crippen molar-refractivity contribution in [1.29, 1.82) is 0 Å². The molecule has 2 N–H and O–H groups in total. The molecule has 1 saturated heterocycles. The van der Waals surface area contributed by atoms with Crippen LogP contribution < -0.4 is 15.4 Å². The van der Waals surface area contributed by atoms with Gasteiger partial charge in [-0.1, -0.05) is 0 Å². The summed E-state index contributed by atoms with van der Waals surface area (Å²) in [5.74, 6) is 0.837. The number of anilines is 1. The third-order valence-corrected chi connectivity index (χ3v) is 2.94. The normalized spacial score (nSPS) is 19.8. The van der Waals surface area contributed by atoms with Crippen molar-refractivity contribution < 1.29 is 4.74 Å². The molecule has 1 aliphatic heterocycles. The highest BCUT2D eigenvalue weighted by Crippen LogP contribution is 2.19. The van der Waals surface area contributed by atoms with Gasteiger partial charge in [-0.25, -0.2) is 0 Å². The van der Waals surface area contributed by atoms with E-state index < -0.39 is 0 Å². The Balaban J connectivity index is 1.93. The number of aromatic nitrogens is 1. The summed E-state index contributed by atoms with van der Waals surface area (Å²) < 4.78 is 5.72. The maximum atomic E-state index is 5.72. The van der Waals surface area contributed by atoms with Gasteiger partial charge in [0.05, 0.1) is 17.6 Å². The molecule has 16 heavy (non-hydrogen) atoms. The van der Waals surface area contributed by atoms with Crippen LogP contribution in [0.4, 0.5) is 5.69 Å². The highest BCUT2D eigenvalue weighted by atomic mass is 16.5. The van der Waals surface area contributed by atoms with Crippen molar-refractivity contribution in [1.82, 2.24) is 10.3 Å². The number of nitrogens with zero attached hydrogens (tertiary/aromatic N) is 1. The SMILES string of the molecule is CNc1cc(OC[C@@H]2CCCN2)cnc1C. The standard InChI is InChI=1S/C12H19N3O/c1-9-12(13-2)6-11(7-15-9)16-8-10-4-3-5-14-10/h6-7,10,13-14H,3-5,8H2,1-2H3/t10-/m0/s1. The lowest BCUT2D eigenvalue weighted by atomic mass is 10.2. The molecule has 0 saturated carbocycles. The first-order chi connectivity index (χ1) is 7.79. The Morgan fingerprint density at radius 1 is 1.62 bits per heavy atom. The van der Waals surface area contributed by atoms with Crippen molar-refractivity contribution in [3.8, 4) is 5.75 Å². The van der Waals surface area contributed by atoms with Gasteiger partial charge >= 0.3 is 0 Å². The topological polar surface area (TPSA) is 46.2 Å². The molecule has 0 radical (unpaired) electrons. The Hall–Kier alpha value is -1.29. The summed E-state index contributed by atoms with van der Waals surface area (Å²) in [5.41, 5.74) is 2.02. The van der Waals surface area contributed by atoms with E-state index in [1.165, 1.54) is 12.8 Å². The third-order valence-electron chi connectivity index (χ3n) is 2.94. The fraction of sp³-hybridized carbons (Fsp3) is 0.583. The molecule has 1 atom stereocenters. The van der Waals surface area contributed by atoms with Gasteiger partial charge in [-0.3, -0.25) is 4.98 Å². The second-order valence-electron chi connectivity index (χ2n) is 4.16. The summed E-state index contributed by atoms with van der Waals surface area (Å²) in [6.07, 6.45) is 4.24. The monoisotopic (exact) mass is 221 g/mol. The summed E-state index contributed by atoms with van der Waals surface area (Å²) in [6.45, 7) is 3.82. The van der Waals surface area contributed by atoms with E-state index in [1.807, 2.05) is 20.0 Å². The van der Waals surface area contributed by atoms with Crippen LogP contribution in [0.2, 0.25) is 0 Å². The molecular weight excluding hydrogens is 202 g/mol. The Bertz CT molecular complexity index is 348. The lowest BCUT2D eigenvalue weighted by molar-refractivity contribution is 0.276. The molecule has 1 aliphatic rings. The molecule has 0 bridgehead atoms. The van der Waals surface area contributed by atoms with Crippen LogP contribution >= 0.6 is 0 Å². The lowest BCUT2D eigenvalue weighted by Gasteiger charge is -2.13. The first kappa shape index (κ1) is 11.2. The second kappa shape index (κ2) is 5.16. The minimum Gasteiger partial charge on any atom is -0.490 e. The Morgan fingerprint density at radius 3 is 3.19 bits per heavy atom. The number of rotatable bonds is 4. The maximum Gasteiger partial charge on any atom is 0.139 e. The summed E-state index contributed by atoms with van der Waals surface area (Å²) in [4.78, 5) is 4.29. The van der Waals surface area contributed by atoms with Crippen LogP contribution in [0.1, 0.15) is 18.5 Å². The molecule has 0 aromatic carbocycles. The fourth-order valence-electron chi connectivity index (χ4n) is 1.94. The molecular formula is C12H19N3O. The second-order valence-corrected chi connectivity index (χ2v) is 4.16. The van der Waals surface area contributed by atoms with Crippen LogP contribution in [0.3, 0.4) is 0 Å². The van der Waals surface area contributed by atoms with E-state index in [9.17, 15) is 0 Å². The van der Waals surface area contributed by atoms with Crippen LogP contribution in [-0.2, 0) is 0 Å². The van der Waals surface area contributed by atoms with Crippen molar-refractivity contribution in [3.05, 3.63) is 18.0 Å². The van der Waals surface area contributed by atoms with E-state index >= 15 is 0 Å². The van der Waals surface area contributed by atoms with Crippen LogP contribution in [0.15, 0.2) is 12.3 Å². The Labute approximate surface area is 96.4 Å². The summed E-state index contributed by atoms with van der Waals surface area (Å²) in [7, 11) is 1.90. The number of aryl methyl sites for hydroxylation is 1. The van der Waals surface area contributed by atoms with E-state index in [2.05, 4.69) is 15.6 Å². The highest BCUT2D eigenvalue weighted by molar-refractivity contribution is 5.50. The number of nitrogens with one attached hydrogen (secondary N) is 2. The van der Waals surface area contributed by atoms with Gasteiger partial charge in [0, 0.05) is 19.2 Å². The average Bonchev–Trinajstić information content (AvgIpc) is 2.81. The molecule has 0 aliphatic carbocycles. The van der Waals surface area contributed by atoms with Crippen molar-refractivity contribution in [2.75, 3.05) is 25.5 Å². The zero-order chi connectivity index (χ0) is 11.4. The van der Waals surface area contributed by atoms with Crippen molar-refractivity contribution in [2.24, 2.45) is 0 Å². The molecule has 2 rings (SSSR count). The first-order valence-electron chi connectivity index (χ1n) is 5.80. The number of hydrogen-bond donors (Lipinski definition) is 2. The molecule has 1 aromatic heterocycles. The van der Waals surface area contributed by atoms with Crippen LogP contribution in [-0.4, -0.2) is 31.2 Å². The molecule has 0 unspecified atom stereocenters. The van der Waals surface area contributed by atoms with Gasteiger partial charge in [0.1, 0.15) is 12.4 Å². The zero-order valence-corrected chi connectivity index (χ0v) is 9.92. The first-order valence-corrected chi connectivity index (χ1v) is 5.80. The number of ether oxygens (including phenoxy) is 1. The van der Waals surface area contributed by atoms with Gasteiger partial charge in [-0.15, -0.1) is 0 Å². The van der Waals surface area contributed by atoms with Crippen LogP contribution in [0.5, 0.6) is 5.75 Å².